The van der Waals surface area contributed by atoms with Gasteiger partial charge in [0.15, 0.2) is 0 Å². The van der Waals surface area contributed by atoms with Crippen molar-refractivity contribution in [2.45, 2.75) is 53.4 Å². The van der Waals surface area contributed by atoms with Gasteiger partial charge in [-0.15, -0.1) is 0 Å². The van der Waals surface area contributed by atoms with Gasteiger partial charge in [0.1, 0.15) is 17.3 Å². The van der Waals surface area contributed by atoms with Gasteiger partial charge in [0.05, 0.1) is 22.4 Å². The molecule has 0 atom stereocenters. The van der Waals surface area contributed by atoms with Crippen LogP contribution in [-0.4, -0.2) is 19.3 Å². The zero-order chi connectivity index (χ0) is 30.9. The minimum absolute atomic E-state index is 0.760. The Balaban J connectivity index is 1.29. The molecule has 0 bridgehead atoms. The fourth-order valence-corrected chi connectivity index (χ4v) is 6.43. The van der Waals surface area contributed by atoms with Crippen LogP contribution in [0.25, 0.3) is 44.4 Å². The van der Waals surface area contributed by atoms with Gasteiger partial charge in [-0.05, 0) is 98.3 Å². The molecule has 0 aliphatic heterocycles. The molecule has 3 aromatic heterocycles. The van der Waals surface area contributed by atoms with Crippen LogP contribution in [0.15, 0.2) is 109 Å². The van der Waals surface area contributed by atoms with E-state index < -0.39 is 0 Å². The Labute approximate surface area is 264 Å². The zero-order valence-electron chi connectivity index (χ0n) is 26.4. The van der Waals surface area contributed by atoms with Gasteiger partial charge >= 0.3 is 0 Å². The van der Waals surface area contributed by atoms with Gasteiger partial charge in [0, 0.05) is 40.4 Å². The van der Waals surface area contributed by atoms with Crippen LogP contribution in [0.2, 0.25) is 0 Å². The van der Waals surface area contributed by atoms with E-state index in [1.54, 1.807) is 0 Å². The number of rotatable bonds is 9. The SMILES string of the molecule is CCCCc1ccc2c(c1)c1ccc(Oc3cccc(-n4nc(C)c(-c5ccccc5)c4C)c3)cc1n2-c1cc(CC)ccn1. The maximum Gasteiger partial charge on any atom is 0.137 e. The van der Waals surface area contributed by atoms with Crippen LogP contribution in [0.4, 0.5) is 0 Å². The molecule has 5 heteroatoms. The average Bonchev–Trinajstić information content (AvgIpc) is 3.56. The molecule has 5 nitrogen and oxygen atoms in total. The van der Waals surface area contributed by atoms with Gasteiger partial charge in [0.2, 0.25) is 0 Å². The predicted molar refractivity (Wildman–Crippen MR) is 185 cm³/mol. The number of unbranched alkanes of at least 4 members (excludes halogenated alkanes) is 1. The first kappa shape index (κ1) is 28.6. The number of aromatic nitrogens is 4. The number of fused-ring (bicyclic) bond motifs is 3. The van der Waals surface area contributed by atoms with Crippen molar-refractivity contribution < 1.29 is 4.74 Å². The van der Waals surface area contributed by atoms with Crippen LogP contribution < -0.4 is 4.74 Å². The summed E-state index contributed by atoms with van der Waals surface area (Å²) in [4.78, 5) is 4.81. The molecule has 0 amide bonds. The molecule has 0 unspecified atom stereocenters. The van der Waals surface area contributed by atoms with E-state index in [1.807, 2.05) is 29.1 Å². The molecule has 3 heterocycles. The molecule has 0 aliphatic carbocycles. The number of benzene rings is 4. The summed E-state index contributed by atoms with van der Waals surface area (Å²) in [6, 6.07) is 36.2. The molecule has 4 aromatic carbocycles. The maximum absolute atomic E-state index is 6.54. The highest BCUT2D eigenvalue weighted by Gasteiger charge is 2.17. The van der Waals surface area contributed by atoms with Crippen molar-refractivity contribution in [1.29, 1.82) is 0 Å². The summed E-state index contributed by atoms with van der Waals surface area (Å²) < 4.78 is 10.8. The molecular formula is C40H38N4O. The third-order valence-corrected chi connectivity index (χ3v) is 8.72. The summed E-state index contributed by atoms with van der Waals surface area (Å²) in [5.41, 5.74) is 10.3. The zero-order valence-corrected chi connectivity index (χ0v) is 26.4. The van der Waals surface area contributed by atoms with Crippen molar-refractivity contribution in [2.75, 3.05) is 0 Å². The maximum atomic E-state index is 6.54. The first-order valence-corrected chi connectivity index (χ1v) is 16.0. The van der Waals surface area contributed by atoms with E-state index in [-0.39, 0.29) is 0 Å². The molecule has 0 radical (unpaired) electrons. The van der Waals surface area contributed by atoms with Crippen molar-refractivity contribution in [3.05, 3.63) is 132 Å². The number of nitrogens with zero attached hydrogens (tertiary/aromatic N) is 4. The fraction of sp³-hybridized carbons (Fsp3) is 0.200. The highest BCUT2D eigenvalue weighted by molar-refractivity contribution is 6.09. The second kappa shape index (κ2) is 12.1. The monoisotopic (exact) mass is 590 g/mol. The van der Waals surface area contributed by atoms with Gasteiger partial charge < -0.3 is 4.74 Å². The second-order valence-electron chi connectivity index (χ2n) is 11.8. The molecule has 7 rings (SSSR count). The van der Waals surface area contributed by atoms with Crippen LogP contribution in [0.1, 0.15) is 49.2 Å². The molecule has 0 spiro atoms. The summed E-state index contributed by atoms with van der Waals surface area (Å²) >= 11 is 0. The lowest BCUT2D eigenvalue weighted by Crippen LogP contribution is -2.00. The number of hydrogen-bond acceptors (Lipinski definition) is 3. The third-order valence-electron chi connectivity index (χ3n) is 8.72. The first-order chi connectivity index (χ1) is 22.0. The van der Waals surface area contributed by atoms with Crippen LogP contribution in [0.5, 0.6) is 11.5 Å². The highest BCUT2D eigenvalue weighted by Crippen LogP contribution is 2.36. The molecule has 7 aromatic rings. The van der Waals surface area contributed by atoms with E-state index in [0.717, 1.165) is 58.3 Å². The number of hydrogen-bond donors (Lipinski definition) is 0. The quantitative estimate of drug-likeness (QED) is 0.168. The summed E-state index contributed by atoms with van der Waals surface area (Å²) in [6.07, 6.45) is 6.33. The lowest BCUT2D eigenvalue weighted by Gasteiger charge is -2.11. The molecule has 45 heavy (non-hydrogen) atoms. The Hall–Kier alpha value is -5.16. The minimum Gasteiger partial charge on any atom is -0.457 e. The van der Waals surface area contributed by atoms with Crippen molar-refractivity contribution in [3.63, 3.8) is 0 Å². The number of ether oxygens (including phenoxy) is 1. The van der Waals surface area contributed by atoms with E-state index in [0.29, 0.717) is 0 Å². The number of aryl methyl sites for hydroxylation is 3. The van der Waals surface area contributed by atoms with E-state index in [2.05, 4.69) is 117 Å². The molecule has 0 fully saturated rings. The van der Waals surface area contributed by atoms with E-state index in [4.69, 9.17) is 14.8 Å². The predicted octanol–water partition coefficient (Wildman–Crippen LogP) is 10.3. The Morgan fingerprint density at radius 1 is 0.711 bits per heavy atom. The smallest absolute Gasteiger partial charge is 0.137 e. The number of pyridine rings is 1. The molecular weight excluding hydrogens is 552 g/mol. The van der Waals surface area contributed by atoms with Gasteiger partial charge in [-0.2, -0.15) is 5.10 Å². The van der Waals surface area contributed by atoms with E-state index in [9.17, 15) is 0 Å². The summed E-state index contributed by atoms with van der Waals surface area (Å²) in [5, 5.41) is 7.35. The summed E-state index contributed by atoms with van der Waals surface area (Å²) in [5.74, 6) is 2.46. The van der Waals surface area contributed by atoms with Crippen LogP contribution >= 0.6 is 0 Å². The summed E-state index contributed by atoms with van der Waals surface area (Å²) in [6.45, 7) is 8.61. The standard InChI is InChI=1S/C40H38N4O/c1-5-7-12-30-17-20-37-36(23-30)35-19-18-34(26-38(35)43(37)39-24-29(6-2)21-22-41-39)45-33-16-11-15-32(25-33)44-28(4)40(27(3)42-44)31-13-9-8-10-14-31/h8-11,13-26H,5-7,12H2,1-4H3. The molecule has 224 valence electrons. The second-order valence-corrected chi connectivity index (χ2v) is 11.8. The molecule has 0 aliphatic rings. The first-order valence-electron chi connectivity index (χ1n) is 16.0. The van der Waals surface area contributed by atoms with Gasteiger partial charge in [-0.25, -0.2) is 9.67 Å². The van der Waals surface area contributed by atoms with Gasteiger partial charge in [-0.1, -0.05) is 62.7 Å². The van der Waals surface area contributed by atoms with Crippen LogP contribution in [0.3, 0.4) is 0 Å². The van der Waals surface area contributed by atoms with Crippen molar-refractivity contribution >= 4 is 21.8 Å². The Kier molecular flexibility index (Phi) is 7.68. The summed E-state index contributed by atoms with van der Waals surface area (Å²) in [7, 11) is 0. The molecule has 0 saturated carbocycles. The van der Waals surface area contributed by atoms with E-state index in [1.165, 1.54) is 45.9 Å². The van der Waals surface area contributed by atoms with Gasteiger partial charge in [0.25, 0.3) is 0 Å². The van der Waals surface area contributed by atoms with Crippen molar-refractivity contribution in [3.8, 4) is 34.1 Å². The van der Waals surface area contributed by atoms with Crippen molar-refractivity contribution in [2.24, 2.45) is 0 Å². The van der Waals surface area contributed by atoms with Crippen molar-refractivity contribution in [1.82, 2.24) is 19.3 Å². The Morgan fingerprint density at radius 3 is 2.38 bits per heavy atom. The van der Waals surface area contributed by atoms with Crippen LogP contribution in [0, 0.1) is 13.8 Å². The normalized spacial score (nSPS) is 11.5. The lowest BCUT2D eigenvalue weighted by atomic mass is 10.0. The van der Waals surface area contributed by atoms with Gasteiger partial charge in [-0.3, -0.25) is 4.57 Å². The Morgan fingerprint density at radius 2 is 1.56 bits per heavy atom. The average molecular weight is 591 g/mol. The largest absolute Gasteiger partial charge is 0.457 e. The Bertz CT molecular complexity index is 2140. The van der Waals surface area contributed by atoms with E-state index >= 15 is 0 Å². The lowest BCUT2D eigenvalue weighted by molar-refractivity contribution is 0.483. The molecule has 0 saturated heterocycles. The third kappa shape index (κ3) is 5.40. The molecule has 0 N–H and O–H groups in total. The highest BCUT2D eigenvalue weighted by atomic mass is 16.5. The topological polar surface area (TPSA) is 44.9 Å². The minimum atomic E-state index is 0.760. The fourth-order valence-electron chi connectivity index (χ4n) is 6.43. The van der Waals surface area contributed by atoms with Crippen LogP contribution in [-0.2, 0) is 12.8 Å².